The van der Waals surface area contributed by atoms with Crippen LogP contribution in [0.25, 0.3) is 11.0 Å². The van der Waals surface area contributed by atoms with E-state index in [0.717, 1.165) is 44.5 Å². The molecule has 4 heteroatoms. The molecule has 1 saturated heterocycles. The number of furan rings is 1. The molecule has 4 nitrogen and oxygen atoms in total. The lowest BCUT2D eigenvalue weighted by Gasteiger charge is -2.31. The standard InChI is InChI=1S/C17H21NO3/c19-17(20)6-5-13-7-9-18(10-8-13)11-14-12-21-16-4-2-1-3-15(14)16/h1-4,12-13H,5-11H2,(H,19,20). The molecular weight excluding hydrogens is 266 g/mol. The Bertz CT molecular complexity index is 611. The Morgan fingerprint density at radius 3 is 2.81 bits per heavy atom. The molecule has 1 aromatic carbocycles. The van der Waals surface area contributed by atoms with Crippen molar-refractivity contribution in [1.29, 1.82) is 0 Å². The van der Waals surface area contributed by atoms with Crippen LogP contribution in [0.3, 0.4) is 0 Å². The van der Waals surface area contributed by atoms with E-state index in [0.29, 0.717) is 12.3 Å². The second-order valence-electron chi connectivity index (χ2n) is 5.91. The van der Waals surface area contributed by atoms with Crippen LogP contribution in [0.1, 0.15) is 31.2 Å². The SMILES string of the molecule is O=C(O)CCC1CCN(Cc2coc3ccccc23)CC1. The largest absolute Gasteiger partial charge is 0.481 e. The van der Waals surface area contributed by atoms with Crippen molar-refractivity contribution < 1.29 is 14.3 Å². The van der Waals surface area contributed by atoms with Gasteiger partial charge in [0.05, 0.1) is 6.26 Å². The molecule has 0 radical (unpaired) electrons. The number of benzene rings is 1. The maximum Gasteiger partial charge on any atom is 0.303 e. The van der Waals surface area contributed by atoms with Gasteiger partial charge in [0, 0.05) is 23.9 Å². The molecule has 1 aliphatic heterocycles. The number of fused-ring (bicyclic) bond motifs is 1. The maximum atomic E-state index is 10.6. The van der Waals surface area contributed by atoms with Gasteiger partial charge in [-0.2, -0.15) is 0 Å². The molecule has 0 bridgehead atoms. The molecule has 1 aromatic heterocycles. The van der Waals surface area contributed by atoms with Crippen molar-refractivity contribution in [2.45, 2.75) is 32.2 Å². The Balaban J connectivity index is 1.54. The van der Waals surface area contributed by atoms with Crippen LogP contribution in [0.5, 0.6) is 0 Å². The zero-order valence-electron chi connectivity index (χ0n) is 12.1. The quantitative estimate of drug-likeness (QED) is 0.914. The van der Waals surface area contributed by atoms with E-state index < -0.39 is 5.97 Å². The van der Waals surface area contributed by atoms with Gasteiger partial charge in [-0.1, -0.05) is 18.2 Å². The first kappa shape index (κ1) is 14.1. The van der Waals surface area contributed by atoms with Gasteiger partial charge >= 0.3 is 5.97 Å². The number of carboxylic acids is 1. The molecule has 0 atom stereocenters. The summed E-state index contributed by atoms with van der Waals surface area (Å²) in [5.41, 5.74) is 2.19. The summed E-state index contributed by atoms with van der Waals surface area (Å²) in [6.45, 7) is 3.01. The molecule has 1 aliphatic rings. The van der Waals surface area contributed by atoms with Crippen LogP contribution in [0.4, 0.5) is 0 Å². The lowest BCUT2D eigenvalue weighted by molar-refractivity contribution is -0.137. The average Bonchev–Trinajstić information content (AvgIpc) is 2.90. The van der Waals surface area contributed by atoms with E-state index in [9.17, 15) is 4.79 Å². The lowest BCUT2D eigenvalue weighted by atomic mass is 9.92. The number of piperidine rings is 1. The van der Waals surface area contributed by atoms with Crippen LogP contribution in [-0.2, 0) is 11.3 Å². The smallest absolute Gasteiger partial charge is 0.303 e. The van der Waals surface area contributed by atoms with Crippen LogP contribution < -0.4 is 0 Å². The second-order valence-corrected chi connectivity index (χ2v) is 5.91. The zero-order chi connectivity index (χ0) is 14.7. The summed E-state index contributed by atoms with van der Waals surface area (Å²) in [6, 6.07) is 8.13. The number of para-hydroxylation sites is 1. The summed E-state index contributed by atoms with van der Waals surface area (Å²) < 4.78 is 5.58. The van der Waals surface area contributed by atoms with Crippen LogP contribution >= 0.6 is 0 Å². The predicted molar refractivity (Wildman–Crippen MR) is 81.1 cm³/mol. The molecule has 0 unspecified atom stereocenters. The number of carbonyl (C=O) groups is 1. The monoisotopic (exact) mass is 287 g/mol. The molecule has 112 valence electrons. The van der Waals surface area contributed by atoms with E-state index in [-0.39, 0.29) is 0 Å². The van der Waals surface area contributed by atoms with Crippen molar-refractivity contribution in [1.82, 2.24) is 4.90 Å². The lowest BCUT2D eigenvalue weighted by Crippen LogP contribution is -2.33. The van der Waals surface area contributed by atoms with E-state index in [1.54, 1.807) is 0 Å². The third kappa shape index (κ3) is 3.45. The predicted octanol–water partition coefficient (Wildman–Crippen LogP) is 3.51. The highest BCUT2D eigenvalue weighted by Gasteiger charge is 2.20. The van der Waals surface area contributed by atoms with Gasteiger partial charge in [-0.15, -0.1) is 0 Å². The first-order valence-electron chi connectivity index (χ1n) is 7.61. The molecular formula is C17H21NO3. The van der Waals surface area contributed by atoms with Gasteiger partial charge in [-0.05, 0) is 44.3 Å². The molecule has 2 heterocycles. The van der Waals surface area contributed by atoms with Crippen LogP contribution in [-0.4, -0.2) is 29.1 Å². The van der Waals surface area contributed by atoms with Crippen LogP contribution in [0, 0.1) is 5.92 Å². The molecule has 1 N–H and O–H groups in total. The zero-order valence-corrected chi connectivity index (χ0v) is 12.1. The highest BCUT2D eigenvalue weighted by molar-refractivity contribution is 5.80. The van der Waals surface area contributed by atoms with Crippen molar-refractivity contribution in [3.05, 3.63) is 36.1 Å². The van der Waals surface area contributed by atoms with E-state index in [1.165, 1.54) is 10.9 Å². The van der Waals surface area contributed by atoms with Crippen molar-refractivity contribution >= 4 is 16.9 Å². The minimum absolute atomic E-state index is 0.303. The van der Waals surface area contributed by atoms with Gasteiger partial charge in [-0.3, -0.25) is 9.69 Å². The van der Waals surface area contributed by atoms with E-state index in [4.69, 9.17) is 9.52 Å². The summed E-state index contributed by atoms with van der Waals surface area (Å²) in [7, 11) is 0. The molecule has 2 aromatic rings. The molecule has 0 amide bonds. The normalized spacial score (nSPS) is 17.3. The number of hydrogen-bond acceptors (Lipinski definition) is 3. The first-order chi connectivity index (χ1) is 10.2. The summed E-state index contributed by atoms with van der Waals surface area (Å²) in [5, 5.41) is 9.95. The Labute approximate surface area is 124 Å². The third-order valence-electron chi connectivity index (χ3n) is 4.43. The van der Waals surface area contributed by atoms with Crippen molar-refractivity contribution in [2.24, 2.45) is 5.92 Å². The van der Waals surface area contributed by atoms with E-state index in [2.05, 4.69) is 11.0 Å². The fourth-order valence-corrected chi connectivity index (χ4v) is 3.16. The van der Waals surface area contributed by atoms with Crippen molar-refractivity contribution in [3.8, 4) is 0 Å². The highest BCUT2D eigenvalue weighted by Crippen LogP contribution is 2.26. The Hall–Kier alpha value is -1.81. The number of nitrogens with zero attached hydrogens (tertiary/aromatic N) is 1. The minimum atomic E-state index is -0.678. The fraction of sp³-hybridized carbons (Fsp3) is 0.471. The second kappa shape index (κ2) is 6.31. The van der Waals surface area contributed by atoms with Crippen molar-refractivity contribution in [2.75, 3.05) is 13.1 Å². The Kier molecular flexibility index (Phi) is 4.25. The van der Waals surface area contributed by atoms with Crippen LogP contribution in [0.2, 0.25) is 0 Å². The van der Waals surface area contributed by atoms with Gasteiger partial charge in [-0.25, -0.2) is 0 Å². The first-order valence-corrected chi connectivity index (χ1v) is 7.61. The van der Waals surface area contributed by atoms with Gasteiger partial charge in [0.25, 0.3) is 0 Å². The molecule has 0 aliphatic carbocycles. The highest BCUT2D eigenvalue weighted by atomic mass is 16.4. The Morgan fingerprint density at radius 2 is 2.05 bits per heavy atom. The van der Waals surface area contributed by atoms with Gasteiger partial charge in [0.15, 0.2) is 0 Å². The molecule has 21 heavy (non-hydrogen) atoms. The number of rotatable bonds is 5. The van der Waals surface area contributed by atoms with Crippen LogP contribution in [0.15, 0.2) is 34.9 Å². The molecule has 0 spiro atoms. The van der Waals surface area contributed by atoms with Gasteiger partial charge in [0.1, 0.15) is 5.58 Å². The summed E-state index contributed by atoms with van der Waals surface area (Å²) in [4.78, 5) is 13.1. The number of aliphatic carboxylic acids is 1. The average molecular weight is 287 g/mol. The summed E-state index contributed by atoms with van der Waals surface area (Å²) in [6.07, 6.45) is 5.18. The number of likely N-dealkylation sites (tertiary alicyclic amines) is 1. The molecule has 0 saturated carbocycles. The minimum Gasteiger partial charge on any atom is -0.481 e. The fourth-order valence-electron chi connectivity index (χ4n) is 3.16. The maximum absolute atomic E-state index is 10.6. The summed E-state index contributed by atoms with van der Waals surface area (Å²) in [5.74, 6) is -0.110. The third-order valence-corrected chi connectivity index (χ3v) is 4.43. The van der Waals surface area contributed by atoms with Gasteiger partial charge < -0.3 is 9.52 Å². The van der Waals surface area contributed by atoms with E-state index >= 15 is 0 Å². The van der Waals surface area contributed by atoms with Gasteiger partial charge in [0.2, 0.25) is 0 Å². The topological polar surface area (TPSA) is 53.7 Å². The Morgan fingerprint density at radius 1 is 1.29 bits per heavy atom. The van der Waals surface area contributed by atoms with Crippen molar-refractivity contribution in [3.63, 3.8) is 0 Å². The molecule has 1 fully saturated rings. The van der Waals surface area contributed by atoms with E-state index in [1.807, 2.05) is 24.5 Å². The molecule has 3 rings (SSSR count). The number of carboxylic acid groups (broad SMARTS) is 1. The number of hydrogen-bond donors (Lipinski definition) is 1. The summed E-state index contributed by atoms with van der Waals surface area (Å²) >= 11 is 0.